The highest BCUT2D eigenvalue weighted by atomic mass is 16.6. The molecule has 1 aliphatic heterocycles. The molecule has 1 aromatic rings. The van der Waals surface area contributed by atoms with Crippen molar-refractivity contribution in [1.29, 1.82) is 0 Å². The van der Waals surface area contributed by atoms with E-state index in [0.29, 0.717) is 25.2 Å². The molecular formula is C31H48N4O7. The predicted molar refractivity (Wildman–Crippen MR) is 156 cm³/mol. The molecular weight excluding hydrogens is 540 g/mol. The summed E-state index contributed by atoms with van der Waals surface area (Å²) >= 11 is 0. The van der Waals surface area contributed by atoms with Crippen LogP contribution in [0.1, 0.15) is 105 Å². The van der Waals surface area contributed by atoms with Crippen molar-refractivity contribution in [3.05, 3.63) is 30.9 Å². The first-order valence-corrected chi connectivity index (χ1v) is 14.9. The number of amides is 2. The van der Waals surface area contributed by atoms with E-state index >= 15 is 0 Å². The Morgan fingerprint density at radius 3 is 2.43 bits per heavy atom. The molecule has 5 unspecified atom stereocenters. The van der Waals surface area contributed by atoms with Crippen LogP contribution in [0.3, 0.4) is 0 Å². The van der Waals surface area contributed by atoms with E-state index in [9.17, 15) is 19.2 Å². The highest BCUT2D eigenvalue weighted by Crippen LogP contribution is 2.39. The Morgan fingerprint density at radius 2 is 1.86 bits per heavy atom. The van der Waals surface area contributed by atoms with E-state index in [2.05, 4.69) is 16.9 Å². The van der Waals surface area contributed by atoms with Crippen LogP contribution in [0, 0.1) is 17.3 Å². The van der Waals surface area contributed by atoms with Gasteiger partial charge in [-0.05, 0) is 51.4 Å². The van der Waals surface area contributed by atoms with Gasteiger partial charge in [0.25, 0.3) is 5.91 Å². The SMILES string of the molecule is C=CCC1CC(C(CC2CCCCC2)NC(=O)C(OC(N)=O)C(c2nccn2C(=O)OC(C)(C)C)C(C)(C)C)OC1=O. The lowest BCUT2D eigenvalue weighted by Crippen LogP contribution is -2.53. The summed E-state index contributed by atoms with van der Waals surface area (Å²) in [5.74, 6) is -1.56. The minimum Gasteiger partial charge on any atom is -0.460 e. The topological polar surface area (TPSA) is 152 Å². The molecule has 2 aliphatic rings. The second-order valence-corrected chi connectivity index (χ2v) is 13.6. The number of allylic oxidation sites excluding steroid dienone is 1. The zero-order valence-electron chi connectivity index (χ0n) is 25.9. The van der Waals surface area contributed by atoms with E-state index in [0.717, 1.165) is 25.7 Å². The lowest BCUT2D eigenvalue weighted by Gasteiger charge is -2.37. The maximum atomic E-state index is 14.1. The Kier molecular flexibility index (Phi) is 10.8. The van der Waals surface area contributed by atoms with Crippen LogP contribution < -0.4 is 11.1 Å². The fourth-order valence-electron chi connectivity index (χ4n) is 6.05. The van der Waals surface area contributed by atoms with E-state index in [-0.39, 0.29) is 17.7 Å². The van der Waals surface area contributed by atoms with Crippen LogP contribution >= 0.6 is 0 Å². The van der Waals surface area contributed by atoms with Crippen molar-refractivity contribution in [2.75, 3.05) is 0 Å². The molecule has 2 amide bonds. The molecule has 5 atom stereocenters. The number of nitrogens with one attached hydrogen (secondary N) is 1. The average Bonchev–Trinajstić information content (AvgIpc) is 3.49. The lowest BCUT2D eigenvalue weighted by molar-refractivity contribution is -0.146. The van der Waals surface area contributed by atoms with Crippen molar-refractivity contribution in [1.82, 2.24) is 14.9 Å². The highest BCUT2D eigenvalue weighted by Gasteiger charge is 2.46. The molecule has 1 aromatic heterocycles. The maximum Gasteiger partial charge on any atom is 0.420 e. The summed E-state index contributed by atoms with van der Waals surface area (Å²) in [6.45, 7) is 14.6. The zero-order chi connectivity index (χ0) is 31.2. The molecule has 3 N–H and O–H groups in total. The number of carbonyl (C=O) groups excluding carboxylic acids is 4. The number of imidazole rings is 1. The van der Waals surface area contributed by atoms with Crippen molar-refractivity contribution in [2.24, 2.45) is 23.0 Å². The molecule has 234 valence electrons. The Hall–Kier alpha value is -3.37. The van der Waals surface area contributed by atoms with Crippen LogP contribution in [-0.2, 0) is 23.8 Å². The van der Waals surface area contributed by atoms with Crippen molar-refractivity contribution in [3.8, 4) is 0 Å². The summed E-state index contributed by atoms with van der Waals surface area (Å²) in [5.41, 5.74) is 3.98. The van der Waals surface area contributed by atoms with Crippen molar-refractivity contribution in [2.45, 2.75) is 123 Å². The van der Waals surface area contributed by atoms with E-state index in [4.69, 9.17) is 19.9 Å². The summed E-state index contributed by atoms with van der Waals surface area (Å²) < 4.78 is 18.1. The first-order chi connectivity index (χ1) is 19.6. The van der Waals surface area contributed by atoms with Crippen LogP contribution in [0.5, 0.6) is 0 Å². The Morgan fingerprint density at radius 1 is 1.19 bits per heavy atom. The number of carbonyl (C=O) groups is 4. The van der Waals surface area contributed by atoms with Gasteiger partial charge in [-0.1, -0.05) is 59.0 Å². The molecule has 2 fully saturated rings. The van der Waals surface area contributed by atoms with Crippen molar-refractivity contribution >= 4 is 24.1 Å². The number of hydrogen-bond donors (Lipinski definition) is 2. The van der Waals surface area contributed by atoms with Crippen molar-refractivity contribution < 1.29 is 33.4 Å². The van der Waals surface area contributed by atoms with Gasteiger partial charge >= 0.3 is 18.2 Å². The van der Waals surface area contributed by atoms with Crippen molar-refractivity contribution in [3.63, 3.8) is 0 Å². The number of ether oxygens (including phenoxy) is 3. The van der Waals surface area contributed by atoms with Gasteiger partial charge in [-0.2, -0.15) is 0 Å². The Labute approximate surface area is 248 Å². The quantitative estimate of drug-likeness (QED) is 0.214. The summed E-state index contributed by atoms with van der Waals surface area (Å²) in [6, 6.07) is -0.496. The summed E-state index contributed by atoms with van der Waals surface area (Å²) in [4.78, 5) is 56.4. The van der Waals surface area contributed by atoms with E-state index in [1.807, 2.05) is 20.8 Å². The molecule has 1 saturated carbocycles. The van der Waals surface area contributed by atoms with Gasteiger partial charge in [0, 0.05) is 12.4 Å². The maximum absolute atomic E-state index is 14.1. The van der Waals surface area contributed by atoms with Gasteiger partial charge in [0.15, 0.2) is 6.10 Å². The van der Waals surface area contributed by atoms with E-state index in [1.165, 1.54) is 23.4 Å². The average molecular weight is 589 g/mol. The predicted octanol–water partition coefficient (Wildman–Crippen LogP) is 5.22. The zero-order valence-corrected chi connectivity index (χ0v) is 25.9. The van der Waals surface area contributed by atoms with Gasteiger partial charge in [0.05, 0.1) is 17.9 Å². The third-order valence-corrected chi connectivity index (χ3v) is 7.93. The molecule has 0 spiro atoms. The van der Waals surface area contributed by atoms with Gasteiger partial charge in [-0.15, -0.1) is 6.58 Å². The third kappa shape index (κ3) is 8.82. The smallest absolute Gasteiger partial charge is 0.420 e. The number of nitrogens with two attached hydrogens (primary N) is 1. The number of cyclic esters (lactones) is 1. The number of esters is 1. The van der Waals surface area contributed by atoms with Gasteiger partial charge in [0.1, 0.15) is 17.5 Å². The van der Waals surface area contributed by atoms with Crippen LogP contribution in [0.4, 0.5) is 9.59 Å². The third-order valence-electron chi connectivity index (χ3n) is 7.93. The van der Waals surface area contributed by atoms with Crippen LogP contribution in [-0.4, -0.2) is 57.5 Å². The van der Waals surface area contributed by atoms with Gasteiger partial charge < -0.3 is 25.3 Å². The van der Waals surface area contributed by atoms with Crippen LogP contribution in [0.25, 0.3) is 0 Å². The summed E-state index contributed by atoms with van der Waals surface area (Å²) in [5, 5.41) is 3.07. The second-order valence-electron chi connectivity index (χ2n) is 13.6. The summed E-state index contributed by atoms with van der Waals surface area (Å²) in [6.07, 6.45) is 7.84. The Balaban J connectivity index is 1.96. The first kappa shape index (κ1) is 33.1. The largest absolute Gasteiger partial charge is 0.460 e. The molecule has 1 aliphatic carbocycles. The number of rotatable bonds is 10. The van der Waals surface area contributed by atoms with E-state index < -0.39 is 53.3 Å². The molecule has 11 heteroatoms. The standard InChI is InChI=1S/C31H48N4O7/c1-8-12-20-18-22(40-27(20)37)21(17-19-13-10-9-11-14-19)34-26(36)24(41-28(32)38)23(30(2,3)4)25-33-15-16-35(25)29(39)42-31(5,6)7/h8,15-16,19-24H,1,9-14,17-18H2,2-7H3,(H2,32,38)(H,34,36). The molecule has 0 aromatic carbocycles. The molecule has 42 heavy (non-hydrogen) atoms. The first-order valence-electron chi connectivity index (χ1n) is 14.9. The van der Waals surface area contributed by atoms with Gasteiger partial charge in [-0.3, -0.25) is 9.59 Å². The molecule has 0 radical (unpaired) electrons. The van der Waals surface area contributed by atoms with Crippen LogP contribution in [0.15, 0.2) is 25.0 Å². The number of primary amides is 1. The van der Waals surface area contributed by atoms with Crippen LogP contribution in [0.2, 0.25) is 0 Å². The molecule has 3 rings (SSSR count). The number of aromatic nitrogens is 2. The van der Waals surface area contributed by atoms with Gasteiger partial charge in [0.2, 0.25) is 0 Å². The minimum absolute atomic E-state index is 0.195. The second kappa shape index (κ2) is 13.7. The molecule has 11 nitrogen and oxygen atoms in total. The summed E-state index contributed by atoms with van der Waals surface area (Å²) in [7, 11) is 0. The monoisotopic (exact) mass is 588 g/mol. The Bertz CT molecular complexity index is 1130. The molecule has 0 bridgehead atoms. The lowest BCUT2D eigenvalue weighted by atomic mass is 9.76. The molecule has 1 saturated heterocycles. The molecule has 2 heterocycles. The highest BCUT2D eigenvalue weighted by molar-refractivity contribution is 5.85. The van der Waals surface area contributed by atoms with E-state index in [1.54, 1.807) is 26.8 Å². The van der Waals surface area contributed by atoms with Gasteiger partial charge in [-0.25, -0.2) is 19.1 Å². The number of hydrogen-bond acceptors (Lipinski definition) is 8. The minimum atomic E-state index is -1.43. The fourth-order valence-corrected chi connectivity index (χ4v) is 6.05. The fraction of sp³-hybridized carbons (Fsp3) is 0.710. The number of nitrogens with zero attached hydrogens (tertiary/aromatic N) is 2. The normalized spacial score (nSPS) is 22.0.